The Balaban J connectivity index is 1.93. The minimum atomic E-state index is 0.540. The van der Waals surface area contributed by atoms with Gasteiger partial charge in [-0.3, -0.25) is 4.40 Å². The molecule has 3 aromatic heterocycles. The van der Waals surface area contributed by atoms with Gasteiger partial charge in [0.2, 0.25) is 0 Å². The van der Waals surface area contributed by atoms with Gasteiger partial charge in [0.1, 0.15) is 16.1 Å². The highest BCUT2D eigenvalue weighted by molar-refractivity contribution is 9.10. The average molecular weight is 315 g/mol. The van der Waals surface area contributed by atoms with E-state index in [0.717, 1.165) is 27.5 Å². The lowest BCUT2D eigenvalue weighted by atomic mass is 10.2. The van der Waals surface area contributed by atoms with Crippen LogP contribution in [0.4, 0.5) is 0 Å². The standard InChI is InChI=1S/C14H11BrN4/c15-12-8-10(17-14(18-12)9-4-5-9)11-2-1-3-13-16-6-7-19(11)13/h1-3,6-9H,4-5H2. The van der Waals surface area contributed by atoms with Gasteiger partial charge in [0, 0.05) is 18.3 Å². The summed E-state index contributed by atoms with van der Waals surface area (Å²) in [7, 11) is 0. The van der Waals surface area contributed by atoms with Crippen molar-refractivity contribution in [1.82, 2.24) is 19.4 Å². The molecule has 1 saturated carbocycles. The van der Waals surface area contributed by atoms with Gasteiger partial charge in [-0.25, -0.2) is 15.0 Å². The number of fused-ring (bicyclic) bond motifs is 1. The maximum atomic E-state index is 4.71. The number of nitrogens with zero attached hydrogens (tertiary/aromatic N) is 4. The van der Waals surface area contributed by atoms with Gasteiger partial charge in [0.25, 0.3) is 0 Å². The first-order chi connectivity index (χ1) is 9.31. The second-order valence-corrected chi connectivity index (χ2v) is 5.59. The molecule has 1 fully saturated rings. The Hall–Kier alpha value is -1.75. The Kier molecular flexibility index (Phi) is 2.41. The third kappa shape index (κ3) is 1.94. The van der Waals surface area contributed by atoms with Crippen LogP contribution in [0.25, 0.3) is 17.0 Å². The topological polar surface area (TPSA) is 43.1 Å². The van der Waals surface area contributed by atoms with E-state index in [-0.39, 0.29) is 0 Å². The van der Waals surface area contributed by atoms with Crippen LogP contribution in [-0.2, 0) is 0 Å². The van der Waals surface area contributed by atoms with Gasteiger partial charge in [-0.1, -0.05) is 6.07 Å². The van der Waals surface area contributed by atoms with E-state index in [2.05, 4.69) is 32.0 Å². The second-order valence-electron chi connectivity index (χ2n) is 4.77. The molecule has 0 aliphatic heterocycles. The van der Waals surface area contributed by atoms with Crippen LogP contribution in [0.1, 0.15) is 24.6 Å². The Morgan fingerprint density at radius 2 is 2.11 bits per heavy atom. The molecule has 1 aliphatic carbocycles. The summed E-state index contributed by atoms with van der Waals surface area (Å²) in [6.45, 7) is 0. The summed E-state index contributed by atoms with van der Waals surface area (Å²) in [4.78, 5) is 13.5. The summed E-state index contributed by atoms with van der Waals surface area (Å²) in [5.41, 5.74) is 2.91. The molecular formula is C14H11BrN4. The average Bonchev–Trinajstić information content (AvgIpc) is 3.15. The molecule has 0 unspecified atom stereocenters. The van der Waals surface area contributed by atoms with E-state index < -0.39 is 0 Å². The lowest BCUT2D eigenvalue weighted by molar-refractivity contribution is 0.915. The van der Waals surface area contributed by atoms with Gasteiger partial charge >= 0.3 is 0 Å². The molecule has 94 valence electrons. The maximum absolute atomic E-state index is 4.71. The van der Waals surface area contributed by atoms with E-state index in [9.17, 15) is 0 Å². The van der Waals surface area contributed by atoms with Gasteiger partial charge in [-0.05, 0) is 47.0 Å². The predicted molar refractivity (Wildman–Crippen MR) is 75.9 cm³/mol. The van der Waals surface area contributed by atoms with Gasteiger partial charge in [0.05, 0.1) is 11.4 Å². The normalized spacial score (nSPS) is 15.0. The molecule has 0 N–H and O–H groups in total. The highest BCUT2D eigenvalue weighted by Crippen LogP contribution is 2.39. The van der Waals surface area contributed by atoms with Crippen molar-refractivity contribution < 1.29 is 0 Å². The third-order valence-corrected chi connectivity index (χ3v) is 3.75. The molecule has 0 saturated heterocycles. The van der Waals surface area contributed by atoms with E-state index in [4.69, 9.17) is 4.98 Å². The number of halogens is 1. The fraction of sp³-hybridized carbons (Fsp3) is 0.214. The zero-order valence-electron chi connectivity index (χ0n) is 10.1. The molecule has 1 aliphatic rings. The number of hydrogen-bond donors (Lipinski definition) is 0. The van der Waals surface area contributed by atoms with Crippen molar-refractivity contribution in [3.05, 3.63) is 47.1 Å². The van der Waals surface area contributed by atoms with E-state index in [0.29, 0.717) is 5.92 Å². The van der Waals surface area contributed by atoms with Crippen molar-refractivity contribution in [2.24, 2.45) is 0 Å². The molecule has 5 heteroatoms. The highest BCUT2D eigenvalue weighted by atomic mass is 79.9. The number of rotatable bonds is 2. The number of hydrogen-bond acceptors (Lipinski definition) is 3. The van der Waals surface area contributed by atoms with Crippen molar-refractivity contribution >= 4 is 21.6 Å². The highest BCUT2D eigenvalue weighted by Gasteiger charge is 2.27. The first-order valence-electron chi connectivity index (χ1n) is 6.28. The summed E-state index contributed by atoms with van der Waals surface area (Å²) in [6.07, 6.45) is 6.16. The molecule has 0 aromatic carbocycles. The smallest absolute Gasteiger partial charge is 0.137 e. The van der Waals surface area contributed by atoms with E-state index in [1.807, 2.05) is 28.8 Å². The molecule has 3 aromatic rings. The Bertz CT molecular complexity index is 761. The molecule has 0 spiro atoms. The van der Waals surface area contributed by atoms with Crippen LogP contribution < -0.4 is 0 Å². The van der Waals surface area contributed by atoms with Crippen molar-refractivity contribution in [1.29, 1.82) is 0 Å². The first kappa shape index (κ1) is 11.1. The number of imidazole rings is 1. The van der Waals surface area contributed by atoms with Crippen molar-refractivity contribution in [3.8, 4) is 11.4 Å². The van der Waals surface area contributed by atoms with Crippen LogP contribution in [0, 0.1) is 0 Å². The summed E-state index contributed by atoms with van der Waals surface area (Å²) >= 11 is 3.49. The monoisotopic (exact) mass is 314 g/mol. The van der Waals surface area contributed by atoms with Crippen LogP contribution in [0.3, 0.4) is 0 Å². The van der Waals surface area contributed by atoms with E-state index >= 15 is 0 Å². The summed E-state index contributed by atoms with van der Waals surface area (Å²) < 4.78 is 2.89. The summed E-state index contributed by atoms with van der Waals surface area (Å²) in [5.74, 6) is 1.49. The van der Waals surface area contributed by atoms with Crippen molar-refractivity contribution in [3.63, 3.8) is 0 Å². The second kappa shape index (κ2) is 4.13. The Morgan fingerprint density at radius 3 is 2.95 bits per heavy atom. The van der Waals surface area contributed by atoms with Gasteiger partial charge in [-0.2, -0.15) is 0 Å². The molecule has 4 rings (SSSR count). The molecule has 0 bridgehead atoms. The van der Waals surface area contributed by atoms with Crippen LogP contribution in [-0.4, -0.2) is 19.4 Å². The van der Waals surface area contributed by atoms with Crippen LogP contribution >= 0.6 is 15.9 Å². The quantitative estimate of drug-likeness (QED) is 0.681. The van der Waals surface area contributed by atoms with Gasteiger partial charge in [0.15, 0.2) is 0 Å². The fourth-order valence-electron chi connectivity index (χ4n) is 2.25. The molecule has 0 radical (unpaired) electrons. The van der Waals surface area contributed by atoms with Crippen molar-refractivity contribution in [2.45, 2.75) is 18.8 Å². The van der Waals surface area contributed by atoms with Crippen LogP contribution in [0.2, 0.25) is 0 Å². The minimum Gasteiger partial charge on any atom is -0.298 e. The number of pyridine rings is 1. The molecule has 3 heterocycles. The van der Waals surface area contributed by atoms with Gasteiger partial charge in [-0.15, -0.1) is 0 Å². The maximum Gasteiger partial charge on any atom is 0.137 e. The molecular weight excluding hydrogens is 304 g/mol. The largest absolute Gasteiger partial charge is 0.298 e. The lowest BCUT2D eigenvalue weighted by Crippen LogP contribution is -1.98. The zero-order valence-corrected chi connectivity index (χ0v) is 11.7. The summed E-state index contributed by atoms with van der Waals surface area (Å²) in [5, 5.41) is 0. The van der Waals surface area contributed by atoms with E-state index in [1.165, 1.54) is 12.8 Å². The Labute approximate surface area is 118 Å². The molecule has 0 amide bonds. The minimum absolute atomic E-state index is 0.540. The summed E-state index contributed by atoms with van der Waals surface area (Å²) in [6, 6.07) is 8.01. The lowest BCUT2D eigenvalue weighted by Gasteiger charge is -2.07. The first-order valence-corrected chi connectivity index (χ1v) is 7.07. The molecule has 19 heavy (non-hydrogen) atoms. The molecule has 0 atom stereocenters. The fourth-order valence-corrected chi connectivity index (χ4v) is 2.65. The molecule has 4 nitrogen and oxygen atoms in total. The van der Waals surface area contributed by atoms with Crippen LogP contribution in [0.5, 0.6) is 0 Å². The third-order valence-electron chi connectivity index (χ3n) is 3.35. The van der Waals surface area contributed by atoms with Crippen LogP contribution in [0.15, 0.2) is 41.3 Å². The zero-order chi connectivity index (χ0) is 12.8. The van der Waals surface area contributed by atoms with E-state index in [1.54, 1.807) is 6.20 Å². The predicted octanol–water partition coefficient (Wildman–Crippen LogP) is 3.43. The van der Waals surface area contributed by atoms with Crippen molar-refractivity contribution in [2.75, 3.05) is 0 Å². The van der Waals surface area contributed by atoms with Gasteiger partial charge < -0.3 is 0 Å². The number of aromatic nitrogens is 4. The SMILES string of the molecule is Brc1cc(-c2cccc3nccn23)nc(C2CC2)n1. The Morgan fingerprint density at radius 1 is 1.21 bits per heavy atom.